The number of hydrogen-bond acceptors (Lipinski definition) is 6. The molecule has 46 heavy (non-hydrogen) atoms. The topological polar surface area (TPSA) is 103 Å². The number of aromatic nitrogens is 3. The summed E-state index contributed by atoms with van der Waals surface area (Å²) in [6.45, 7) is 7.74. The number of aromatic amines is 1. The Labute approximate surface area is 265 Å². The minimum absolute atomic E-state index is 0.00113. The molecular weight excluding hydrogens is 597 g/mol. The first kappa shape index (κ1) is 31.4. The van der Waals surface area contributed by atoms with Crippen LogP contribution in [-0.4, -0.2) is 74.6 Å². The Hall–Kier alpha value is -4.61. The van der Waals surface area contributed by atoms with Crippen molar-refractivity contribution in [2.45, 2.75) is 64.3 Å². The third-order valence-corrected chi connectivity index (χ3v) is 8.27. The lowest BCUT2D eigenvalue weighted by Crippen LogP contribution is -2.47. The predicted octanol–water partition coefficient (Wildman–Crippen LogP) is 7.36. The van der Waals surface area contributed by atoms with Crippen molar-refractivity contribution in [3.63, 3.8) is 0 Å². The van der Waals surface area contributed by atoms with Crippen LogP contribution >= 0.6 is 0 Å². The van der Waals surface area contributed by atoms with Crippen LogP contribution < -0.4 is 5.32 Å². The molecule has 0 aliphatic carbocycles. The molecule has 0 unspecified atom stereocenters. The standard InChI is InChI=1S/C34H37F3N6O3/c1-33(2,3)46-32(45)43-15-7-10-24(20-43)40-31-39-19-27(34(35,36)37)29(41-31)26-18-38-28-17-22(11-12-25(26)28)21-8-6-9-23(16-21)30(44)42-13-4-5-14-42/h6,8-9,11-12,16-19,24,38H,4-5,7,10,13-15,20H2,1-3H3,(H,39,40,41)/t24-/m0/s1. The van der Waals surface area contributed by atoms with Gasteiger partial charge >= 0.3 is 12.3 Å². The molecule has 6 rings (SSSR count). The van der Waals surface area contributed by atoms with Gasteiger partial charge in [0.1, 0.15) is 11.2 Å². The van der Waals surface area contributed by atoms with Crippen LogP contribution in [0.4, 0.5) is 23.9 Å². The van der Waals surface area contributed by atoms with E-state index in [0.29, 0.717) is 42.4 Å². The van der Waals surface area contributed by atoms with Gasteiger partial charge in [-0.1, -0.05) is 24.3 Å². The number of fused-ring (bicyclic) bond motifs is 1. The molecule has 9 nitrogen and oxygen atoms in total. The fraction of sp³-hybridized carbons (Fsp3) is 0.412. The molecule has 4 aromatic rings. The van der Waals surface area contributed by atoms with E-state index in [4.69, 9.17) is 4.74 Å². The van der Waals surface area contributed by atoms with Crippen molar-refractivity contribution >= 4 is 28.9 Å². The molecule has 2 N–H and O–H groups in total. The van der Waals surface area contributed by atoms with Crippen LogP contribution in [0.1, 0.15) is 62.4 Å². The lowest BCUT2D eigenvalue weighted by molar-refractivity contribution is -0.137. The van der Waals surface area contributed by atoms with Crippen molar-refractivity contribution < 1.29 is 27.5 Å². The maximum Gasteiger partial charge on any atom is 0.419 e. The maximum atomic E-state index is 14.2. The summed E-state index contributed by atoms with van der Waals surface area (Å²) in [6.07, 6.45) is 0.608. The van der Waals surface area contributed by atoms with Crippen LogP contribution in [0.5, 0.6) is 0 Å². The molecule has 12 heteroatoms. The number of benzene rings is 2. The Morgan fingerprint density at radius 1 is 0.978 bits per heavy atom. The average Bonchev–Trinajstić information content (AvgIpc) is 3.70. The highest BCUT2D eigenvalue weighted by Crippen LogP contribution is 2.39. The number of nitrogens with zero attached hydrogens (tertiary/aromatic N) is 4. The van der Waals surface area contributed by atoms with Gasteiger partial charge in [0.05, 0.1) is 5.69 Å². The Kier molecular flexibility index (Phi) is 8.39. The number of ether oxygens (including phenoxy) is 1. The molecular formula is C34H37F3N6O3. The first-order chi connectivity index (χ1) is 21.9. The Morgan fingerprint density at radius 2 is 1.72 bits per heavy atom. The second-order valence-electron chi connectivity index (χ2n) is 12.9. The van der Waals surface area contributed by atoms with Crippen LogP contribution in [0, 0.1) is 0 Å². The molecule has 0 spiro atoms. The van der Waals surface area contributed by atoms with Gasteiger partial charge in [0.2, 0.25) is 5.95 Å². The number of amides is 2. The Morgan fingerprint density at radius 3 is 2.46 bits per heavy atom. The second-order valence-corrected chi connectivity index (χ2v) is 12.9. The summed E-state index contributed by atoms with van der Waals surface area (Å²) in [7, 11) is 0. The fourth-order valence-corrected chi connectivity index (χ4v) is 6.07. The normalized spacial score (nSPS) is 17.4. The summed E-state index contributed by atoms with van der Waals surface area (Å²) < 4.78 is 48.1. The molecule has 242 valence electrons. The fourth-order valence-electron chi connectivity index (χ4n) is 6.07. The number of anilines is 1. The van der Waals surface area contributed by atoms with Gasteiger partial charge in [0.15, 0.2) is 0 Å². The zero-order chi connectivity index (χ0) is 32.6. The summed E-state index contributed by atoms with van der Waals surface area (Å²) in [6, 6.07) is 12.6. The minimum atomic E-state index is -4.68. The number of hydrogen-bond donors (Lipinski definition) is 2. The predicted molar refractivity (Wildman–Crippen MR) is 169 cm³/mol. The number of alkyl halides is 3. The Balaban J connectivity index is 1.27. The zero-order valence-corrected chi connectivity index (χ0v) is 26.1. The smallest absolute Gasteiger partial charge is 0.419 e. The number of carbonyl (C=O) groups is 2. The monoisotopic (exact) mass is 634 g/mol. The van der Waals surface area contributed by atoms with Crippen LogP contribution in [0.25, 0.3) is 33.3 Å². The zero-order valence-electron chi connectivity index (χ0n) is 26.1. The molecule has 2 aliphatic rings. The van der Waals surface area contributed by atoms with Gasteiger partial charge in [-0.3, -0.25) is 4.79 Å². The second kappa shape index (κ2) is 12.3. The summed E-state index contributed by atoms with van der Waals surface area (Å²) >= 11 is 0. The number of nitrogens with one attached hydrogen (secondary N) is 2. The van der Waals surface area contributed by atoms with E-state index in [2.05, 4.69) is 20.3 Å². The van der Waals surface area contributed by atoms with Crippen molar-refractivity contribution in [2.75, 3.05) is 31.5 Å². The average molecular weight is 635 g/mol. The van der Waals surface area contributed by atoms with E-state index in [9.17, 15) is 22.8 Å². The Bertz CT molecular complexity index is 1760. The van der Waals surface area contributed by atoms with Gasteiger partial charge in [0, 0.05) is 66.6 Å². The molecule has 2 aliphatic heterocycles. The largest absolute Gasteiger partial charge is 0.444 e. The number of rotatable bonds is 5. The maximum absolute atomic E-state index is 14.2. The number of carbonyl (C=O) groups excluding carboxylic acids is 2. The molecule has 0 bridgehead atoms. The quantitative estimate of drug-likeness (QED) is 0.238. The highest BCUT2D eigenvalue weighted by atomic mass is 19.4. The van der Waals surface area contributed by atoms with E-state index in [0.717, 1.165) is 43.3 Å². The van der Waals surface area contributed by atoms with Crippen LogP contribution in [0.2, 0.25) is 0 Å². The van der Waals surface area contributed by atoms with E-state index in [-0.39, 0.29) is 29.2 Å². The third-order valence-electron chi connectivity index (χ3n) is 8.27. The molecule has 2 aromatic carbocycles. The lowest BCUT2D eigenvalue weighted by atomic mass is 9.99. The highest BCUT2D eigenvalue weighted by molar-refractivity contribution is 5.99. The van der Waals surface area contributed by atoms with E-state index in [1.54, 1.807) is 37.8 Å². The van der Waals surface area contributed by atoms with Crippen molar-refractivity contribution in [3.8, 4) is 22.4 Å². The van der Waals surface area contributed by atoms with E-state index in [1.165, 1.54) is 6.20 Å². The number of H-pyrrole nitrogens is 1. The molecule has 4 heterocycles. The number of halogens is 3. The van der Waals surface area contributed by atoms with Gasteiger partial charge in [-0.05, 0) is 75.8 Å². The summed E-state index contributed by atoms with van der Waals surface area (Å²) in [5.41, 5.74) is 1.35. The molecule has 0 radical (unpaired) electrons. The number of likely N-dealkylation sites (tertiary alicyclic amines) is 2. The van der Waals surface area contributed by atoms with Crippen molar-refractivity contribution in [2.24, 2.45) is 0 Å². The number of piperidine rings is 1. The first-order valence-electron chi connectivity index (χ1n) is 15.6. The van der Waals surface area contributed by atoms with Crippen LogP contribution in [-0.2, 0) is 10.9 Å². The summed E-state index contributed by atoms with van der Waals surface area (Å²) in [5, 5.41) is 3.71. The molecule has 2 aromatic heterocycles. The molecule has 0 saturated carbocycles. The van der Waals surface area contributed by atoms with E-state index >= 15 is 0 Å². The highest BCUT2D eigenvalue weighted by Gasteiger charge is 2.36. The SMILES string of the molecule is CC(C)(C)OC(=O)N1CCC[C@H](Nc2ncc(C(F)(F)F)c(-c3c[nH]c4cc(-c5cccc(C(=O)N6CCCC6)c5)ccc34)n2)C1. The van der Waals surface area contributed by atoms with Gasteiger partial charge in [-0.2, -0.15) is 13.2 Å². The first-order valence-corrected chi connectivity index (χ1v) is 15.6. The molecule has 1 atom stereocenters. The summed E-state index contributed by atoms with van der Waals surface area (Å²) in [4.78, 5) is 40.5. The van der Waals surface area contributed by atoms with Crippen LogP contribution in [0.15, 0.2) is 54.9 Å². The van der Waals surface area contributed by atoms with Gasteiger partial charge < -0.3 is 24.8 Å². The molecule has 2 amide bonds. The molecule has 2 saturated heterocycles. The third kappa shape index (κ3) is 6.80. The van der Waals surface area contributed by atoms with Gasteiger partial charge in [-0.25, -0.2) is 14.8 Å². The van der Waals surface area contributed by atoms with E-state index < -0.39 is 23.4 Å². The van der Waals surface area contributed by atoms with Crippen molar-refractivity contribution in [3.05, 3.63) is 66.0 Å². The molecule has 2 fully saturated rings. The van der Waals surface area contributed by atoms with E-state index in [1.807, 2.05) is 35.2 Å². The van der Waals surface area contributed by atoms with Gasteiger partial charge in [-0.15, -0.1) is 0 Å². The van der Waals surface area contributed by atoms with Crippen LogP contribution in [0.3, 0.4) is 0 Å². The minimum Gasteiger partial charge on any atom is -0.444 e. The summed E-state index contributed by atoms with van der Waals surface area (Å²) in [5.74, 6) is 0.0470. The lowest BCUT2D eigenvalue weighted by Gasteiger charge is -2.34. The van der Waals surface area contributed by atoms with Gasteiger partial charge in [0.25, 0.3) is 5.91 Å². The van der Waals surface area contributed by atoms with Crippen molar-refractivity contribution in [1.82, 2.24) is 24.8 Å². The van der Waals surface area contributed by atoms with Crippen molar-refractivity contribution in [1.29, 1.82) is 0 Å².